The number of nitrogens with two attached hydrogens (primary N) is 1. The highest BCUT2D eigenvalue weighted by molar-refractivity contribution is 5.78. The number of carbonyl (C=O) groups excluding carboxylic acids is 1. The number of hydrogen-bond acceptors (Lipinski definition) is 2. The van der Waals surface area contributed by atoms with E-state index in [1.807, 2.05) is 6.92 Å². The summed E-state index contributed by atoms with van der Waals surface area (Å²) in [6, 6.07) is 0. The molecule has 1 rings (SSSR count). The molecule has 0 aromatic rings. The van der Waals surface area contributed by atoms with Crippen LogP contribution in [0.5, 0.6) is 0 Å². The van der Waals surface area contributed by atoms with Gasteiger partial charge in [-0.3, -0.25) is 4.79 Å². The molecule has 3 atom stereocenters. The van der Waals surface area contributed by atoms with E-state index in [2.05, 4.69) is 12.2 Å². The van der Waals surface area contributed by atoms with Crippen LogP contribution in [0.25, 0.3) is 0 Å². The van der Waals surface area contributed by atoms with Gasteiger partial charge in [-0.15, -0.1) is 0 Å². The molecule has 0 bridgehead atoms. The van der Waals surface area contributed by atoms with Gasteiger partial charge in [-0.25, -0.2) is 0 Å². The summed E-state index contributed by atoms with van der Waals surface area (Å²) in [6.07, 6.45) is 5.19. The maximum atomic E-state index is 11.5. The highest BCUT2D eigenvalue weighted by Crippen LogP contribution is 2.27. The molecule has 88 valence electrons. The summed E-state index contributed by atoms with van der Waals surface area (Å²) in [5, 5.41) is 3.00. The Morgan fingerprint density at radius 2 is 2.27 bits per heavy atom. The standard InChI is InChI=1S/C12H24N2O/c1-9-4-3-5-11(6-9)8-14-12(15)10(2)7-13/h9-11H,3-8,13H2,1-2H3,(H,14,15). The van der Waals surface area contributed by atoms with E-state index in [1.165, 1.54) is 25.7 Å². The van der Waals surface area contributed by atoms with E-state index in [4.69, 9.17) is 5.73 Å². The molecule has 3 N–H and O–H groups in total. The second kappa shape index (κ2) is 6.11. The van der Waals surface area contributed by atoms with Crippen molar-refractivity contribution in [1.82, 2.24) is 5.32 Å². The highest BCUT2D eigenvalue weighted by Gasteiger charge is 2.20. The lowest BCUT2D eigenvalue weighted by Gasteiger charge is -2.27. The monoisotopic (exact) mass is 212 g/mol. The molecule has 1 aliphatic rings. The van der Waals surface area contributed by atoms with Crippen LogP contribution in [0.2, 0.25) is 0 Å². The third kappa shape index (κ3) is 4.20. The van der Waals surface area contributed by atoms with Crippen molar-refractivity contribution < 1.29 is 4.79 Å². The first-order valence-corrected chi connectivity index (χ1v) is 6.11. The van der Waals surface area contributed by atoms with Crippen LogP contribution in [-0.2, 0) is 4.79 Å². The van der Waals surface area contributed by atoms with Gasteiger partial charge < -0.3 is 11.1 Å². The molecular formula is C12H24N2O. The fraction of sp³-hybridized carbons (Fsp3) is 0.917. The van der Waals surface area contributed by atoms with Crippen LogP contribution in [0.1, 0.15) is 39.5 Å². The van der Waals surface area contributed by atoms with Gasteiger partial charge in [-0.1, -0.05) is 26.7 Å². The lowest BCUT2D eigenvalue weighted by molar-refractivity contribution is -0.124. The zero-order chi connectivity index (χ0) is 11.3. The Kier molecular flexibility index (Phi) is 5.09. The minimum Gasteiger partial charge on any atom is -0.356 e. The van der Waals surface area contributed by atoms with Crippen LogP contribution < -0.4 is 11.1 Å². The van der Waals surface area contributed by atoms with E-state index < -0.39 is 0 Å². The molecule has 1 amide bonds. The van der Waals surface area contributed by atoms with E-state index in [-0.39, 0.29) is 11.8 Å². The first-order valence-electron chi connectivity index (χ1n) is 6.11. The van der Waals surface area contributed by atoms with Crippen molar-refractivity contribution in [2.75, 3.05) is 13.1 Å². The van der Waals surface area contributed by atoms with Gasteiger partial charge in [0.05, 0.1) is 0 Å². The van der Waals surface area contributed by atoms with E-state index in [0.29, 0.717) is 12.5 Å². The van der Waals surface area contributed by atoms with Gasteiger partial charge >= 0.3 is 0 Å². The van der Waals surface area contributed by atoms with Crippen LogP contribution in [0.4, 0.5) is 0 Å². The van der Waals surface area contributed by atoms with Crippen molar-refractivity contribution in [2.45, 2.75) is 39.5 Å². The summed E-state index contributed by atoms with van der Waals surface area (Å²) in [4.78, 5) is 11.5. The quantitative estimate of drug-likeness (QED) is 0.742. The van der Waals surface area contributed by atoms with Crippen LogP contribution in [0, 0.1) is 17.8 Å². The lowest BCUT2D eigenvalue weighted by Crippen LogP contribution is -2.37. The maximum Gasteiger partial charge on any atom is 0.224 e. The summed E-state index contributed by atoms with van der Waals surface area (Å²) in [6.45, 7) is 5.45. The molecular weight excluding hydrogens is 188 g/mol. The fourth-order valence-corrected chi connectivity index (χ4v) is 2.27. The molecule has 3 heteroatoms. The van der Waals surface area contributed by atoms with Gasteiger partial charge in [0, 0.05) is 19.0 Å². The molecule has 0 radical (unpaired) electrons. The van der Waals surface area contributed by atoms with Crippen molar-refractivity contribution in [1.29, 1.82) is 0 Å². The average Bonchev–Trinajstić information content (AvgIpc) is 2.25. The number of rotatable bonds is 4. The van der Waals surface area contributed by atoms with Gasteiger partial charge in [0.15, 0.2) is 0 Å². The minimum atomic E-state index is -0.0500. The predicted molar refractivity (Wildman–Crippen MR) is 62.4 cm³/mol. The summed E-state index contributed by atoms with van der Waals surface area (Å²) in [5.74, 6) is 1.57. The third-order valence-corrected chi connectivity index (χ3v) is 3.41. The molecule has 3 nitrogen and oxygen atoms in total. The Morgan fingerprint density at radius 1 is 1.53 bits per heavy atom. The third-order valence-electron chi connectivity index (χ3n) is 3.41. The molecule has 0 aliphatic heterocycles. The topological polar surface area (TPSA) is 55.1 Å². The Balaban J connectivity index is 2.21. The molecule has 1 fully saturated rings. The van der Waals surface area contributed by atoms with Crippen molar-refractivity contribution in [3.05, 3.63) is 0 Å². The van der Waals surface area contributed by atoms with E-state index in [1.54, 1.807) is 0 Å². The van der Waals surface area contributed by atoms with Gasteiger partial charge in [0.1, 0.15) is 0 Å². The second-order valence-corrected chi connectivity index (χ2v) is 5.02. The smallest absolute Gasteiger partial charge is 0.224 e. The molecule has 1 aliphatic carbocycles. The Hall–Kier alpha value is -0.570. The second-order valence-electron chi connectivity index (χ2n) is 5.02. The van der Waals surface area contributed by atoms with Crippen molar-refractivity contribution in [2.24, 2.45) is 23.5 Å². The predicted octanol–water partition coefficient (Wildman–Crippen LogP) is 1.52. The molecule has 0 spiro atoms. The summed E-state index contributed by atoms with van der Waals surface area (Å²) in [7, 11) is 0. The molecule has 0 aromatic carbocycles. The van der Waals surface area contributed by atoms with Crippen molar-refractivity contribution in [3.63, 3.8) is 0 Å². The zero-order valence-electron chi connectivity index (χ0n) is 9.96. The van der Waals surface area contributed by atoms with Gasteiger partial charge in [0.2, 0.25) is 5.91 Å². The first-order chi connectivity index (χ1) is 7.13. The lowest BCUT2D eigenvalue weighted by atomic mass is 9.82. The molecule has 1 saturated carbocycles. The zero-order valence-corrected chi connectivity index (χ0v) is 9.96. The normalized spacial score (nSPS) is 28.5. The largest absolute Gasteiger partial charge is 0.356 e. The number of carbonyl (C=O) groups is 1. The number of nitrogens with one attached hydrogen (secondary N) is 1. The van der Waals surface area contributed by atoms with Crippen LogP contribution in [0.3, 0.4) is 0 Å². The number of amides is 1. The first kappa shape index (κ1) is 12.5. The van der Waals surface area contributed by atoms with Gasteiger partial charge in [0.25, 0.3) is 0 Å². The number of hydrogen-bond donors (Lipinski definition) is 2. The van der Waals surface area contributed by atoms with E-state index in [0.717, 1.165) is 12.5 Å². The maximum absolute atomic E-state index is 11.5. The summed E-state index contributed by atoms with van der Waals surface area (Å²) >= 11 is 0. The van der Waals surface area contributed by atoms with E-state index in [9.17, 15) is 4.79 Å². The Morgan fingerprint density at radius 3 is 2.87 bits per heavy atom. The van der Waals surface area contributed by atoms with Crippen molar-refractivity contribution in [3.8, 4) is 0 Å². The van der Waals surface area contributed by atoms with Crippen LogP contribution >= 0.6 is 0 Å². The van der Waals surface area contributed by atoms with Crippen molar-refractivity contribution >= 4 is 5.91 Å². The SMILES string of the molecule is CC1CCCC(CNC(=O)C(C)CN)C1. The van der Waals surface area contributed by atoms with Crippen LogP contribution in [0.15, 0.2) is 0 Å². The fourth-order valence-electron chi connectivity index (χ4n) is 2.27. The molecule has 3 unspecified atom stereocenters. The minimum absolute atomic E-state index is 0.0500. The summed E-state index contributed by atoms with van der Waals surface area (Å²) < 4.78 is 0. The van der Waals surface area contributed by atoms with E-state index >= 15 is 0 Å². The van der Waals surface area contributed by atoms with Gasteiger partial charge in [-0.05, 0) is 24.7 Å². The molecule has 0 saturated heterocycles. The van der Waals surface area contributed by atoms with Gasteiger partial charge in [-0.2, -0.15) is 0 Å². The Labute approximate surface area is 92.8 Å². The summed E-state index contributed by atoms with van der Waals surface area (Å²) in [5.41, 5.74) is 5.44. The highest BCUT2D eigenvalue weighted by atomic mass is 16.1. The molecule has 0 heterocycles. The molecule has 0 aromatic heterocycles. The van der Waals surface area contributed by atoms with Crippen LogP contribution in [-0.4, -0.2) is 19.0 Å². The average molecular weight is 212 g/mol. The molecule has 15 heavy (non-hydrogen) atoms. The Bertz CT molecular complexity index is 206.